The minimum atomic E-state index is -3.67. The lowest BCUT2D eigenvalue weighted by Gasteiger charge is -2.34. The number of pyridine rings is 1. The lowest BCUT2D eigenvalue weighted by Crippen LogP contribution is -2.51. The fourth-order valence-corrected chi connectivity index (χ4v) is 4.49. The first-order valence-electron chi connectivity index (χ1n) is 12.3. The molecule has 4 aromatic heterocycles. The predicted molar refractivity (Wildman–Crippen MR) is 142 cm³/mol. The molecule has 2 fully saturated rings. The van der Waals surface area contributed by atoms with E-state index in [2.05, 4.69) is 30.9 Å². The van der Waals surface area contributed by atoms with Crippen molar-refractivity contribution in [3.8, 4) is 0 Å². The number of aromatic nitrogens is 6. The van der Waals surface area contributed by atoms with Crippen LogP contribution in [0.25, 0.3) is 5.52 Å². The first kappa shape index (κ1) is 26.5. The number of nitrogens with one attached hydrogen (secondary N) is 3. The zero-order valence-corrected chi connectivity index (χ0v) is 22.1. The fraction of sp³-hybridized carbons (Fsp3) is 0.375. The SMILES string of the molecule is CS(=O)(=O)O.C[C@@]1(C(=O)Nc2ccc(F)nc2)CCCN1c1nc(Nc2cc(C3CC3)[nH]n2)c2cccn2n1. The Morgan fingerprint density at radius 3 is 2.74 bits per heavy atom. The smallest absolute Gasteiger partial charge is 0.261 e. The van der Waals surface area contributed by atoms with E-state index in [0.29, 0.717) is 48.4 Å². The number of carbonyl (C=O) groups is 1. The monoisotopic (exact) mass is 557 g/mol. The maximum Gasteiger partial charge on any atom is 0.261 e. The van der Waals surface area contributed by atoms with Gasteiger partial charge in [-0.05, 0) is 56.9 Å². The molecule has 206 valence electrons. The molecule has 39 heavy (non-hydrogen) atoms. The third-order valence-corrected chi connectivity index (χ3v) is 6.60. The number of rotatable bonds is 6. The van der Waals surface area contributed by atoms with Crippen LogP contribution in [-0.2, 0) is 14.9 Å². The summed E-state index contributed by atoms with van der Waals surface area (Å²) in [5.41, 5.74) is 1.50. The van der Waals surface area contributed by atoms with E-state index in [1.807, 2.05) is 36.2 Å². The Balaban J connectivity index is 0.000000567. The number of hydrogen-bond acceptors (Lipinski definition) is 9. The van der Waals surface area contributed by atoms with Gasteiger partial charge in [-0.25, -0.2) is 9.50 Å². The van der Waals surface area contributed by atoms with Gasteiger partial charge in [0.2, 0.25) is 17.8 Å². The molecule has 0 unspecified atom stereocenters. The molecule has 15 heteroatoms. The average molecular weight is 558 g/mol. The molecule has 0 radical (unpaired) electrons. The highest BCUT2D eigenvalue weighted by Gasteiger charge is 2.45. The third-order valence-electron chi connectivity index (χ3n) is 6.60. The van der Waals surface area contributed by atoms with Crippen LogP contribution in [0.5, 0.6) is 0 Å². The number of amides is 1. The minimum absolute atomic E-state index is 0.217. The van der Waals surface area contributed by atoms with E-state index >= 15 is 0 Å². The topological polar surface area (TPSA) is 170 Å². The maximum absolute atomic E-state index is 13.3. The number of aromatic amines is 1. The van der Waals surface area contributed by atoms with Crippen molar-refractivity contribution in [2.24, 2.45) is 0 Å². The molecular formula is C24H28FN9O4S. The Hall–Kier alpha value is -4.11. The van der Waals surface area contributed by atoms with E-state index in [1.165, 1.54) is 31.2 Å². The van der Waals surface area contributed by atoms with Crippen LogP contribution in [0, 0.1) is 5.95 Å². The first-order chi connectivity index (χ1) is 18.5. The van der Waals surface area contributed by atoms with E-state index in [4.69, 9.17) is 9.54 Å². The van der Waals surface area contributed by atoms with Crippen molar-refractivity contribution in [1.82, 2.24) is 29.8 Å². The van der Waals surface area contributed by atoms with Gasteiger partial charge in [-0.1, -0.05) is 0 Å². The standard InChI is InChI=1S/C23H24FN9O.CH4O3S/c1-23(21(34)26-15-7-8-18(24)25-13-15)9-3-10-32(23)22-28-20(17-4-2-11-33(17)31-22)27-19-12-16(29-30-19)14-5-6-14;1-5(2,3)4/h2,4,7-8,11-14H,3,5-6,9-10H2,1H3,(H,26,34)(H2,27,28,29,30,31);1H3,(H,2,3,4)/t23-;/m0./s1. The zero-order valence-electron chi connectivity index (χ0n) is 21.3. The molecule has 5 heterocycles. The van der Waals surface area contributed by atoms with Crippen LogP contribution in [0.3, 0.4) is 0 Å². The van der Waals surface area contributed by atoms with Gasteiger partial charge in [0.25, 0.3) is 10.1 Å². The molecule has 1 saturated heterocycles. The Morgan fingerprint density at radius 2 is 2.05 bits per heavy atom. The van der Waals surface area contributed by atoms with E-state index < -0.39 is 21.6 Å². The number of halogens is 1. The second kappa shape index (κ2) is 10.2. The predicted octanol–water partition coefficient (Wildman–Crippen LogP) is 3.11. The molecule has 1 atom stereocenters. The number of carbonyl (C=O) groups excluding carboxylic acids is 1. The van der Waals surface area contributed by atoms with Crippen molar-refractivity contribution in [3.63, 3.8) is 0 Å². The quantitative estimate of drug-likeness (QED) is 0.204. The summed E-state index contributed by atoms with van der Waals surface area (Å²) >= 11 is 0. The Labute approximate surface area is 223 Å². The molecule has 13 nitrogen and oxygen atoms in total. The fourth-order valence-electron chi connectivity index (χ4n) is 4.49. The molecule has 0 spiro atoms. The molecule has 1 aliphatic heterocycles. The van der Waals surface area contributed by atoms with Gasteiger partial charge in [0.05, 0.1) is 18.1 Å². The highest BCUT2D eigenvalue weighted by molar-refractivity contribution is 7.85. The van der Waals surface area contributed by atoms with Gasteiger partial charge in [-0.15, -0.1) is 5.10 Å². The van der Waals surface area contributed by atoms with Crippen LogP contribution in [0.2, 0.25) is 0 Å². The molecular weight excluding hydrogens is 529 g/mol. The van der Waals surface area contributed by atoms with E-state index in [0.717, 1.165) is 17.6 Å². The van der Waals surface area contributed by atoms with Crippen LogP contribution >= 0.6 is 0 Å². The highest BCUT2D eigenvalue weighted by Crippen LogP contribution is 2.40. The maximum atomic E-state index is 13.3. The van der Waals surface area contributed by atoms with Crippen molar-refractivity contribution in [1.29, 1.82) is 0 Å². The summed E-state index contributed by atoms with van der Waals surface area (Å²) in [4.78, 5) is 23.6. The average Bonchev–Trinajstić information content (AvgIpc) is 3.23. The summed E-state index contributed by atoms with van der Waals surface area (Å²) in [5.74, 6) is 1.50. The third kappa shape index (κ3) is 6.15. The molecule has 1 amide bonds. The van der Waals surface area contributed by atoms with E-state index in [-0.39, 0.29) is 5.91 Å². The first-order valence-corrected chi connectivity index (χ1v) is 14.2. The Bertz CT molecular complexity index is 1590. The molecule has 0 aromatic carbocycles. The summed E-state index contributed by atoms with van der Waals surface area (Å²) in [5, 5.41) is 18.3. The molecule has 2 aliphatic rings. The van der Waals surface area contributed by atoms with Gasteiger partial charge in [-0.2, -0.15) is 22.9 Å². The summed E-state index contributed by atoms with van der Waals surface area (Å²) in [6.07, 6.45) is 7.69. The number of H-pyrrole nitrogens is 1. The van der Waals surface area contributed by atoms with E-state index in [9.17, 15) is 17.6 Å². The van der Waals surface area contributed by atoms with Crippen molar-refractivity contribution in [2.45, 2.75) is 44.1 Å². The van der Waals surface area contributed by atoms with Gasteiger partial charge in [0, 0.05) is 30.4 Å². The summed E-state index contributed by atoms with van der Waals surface area (Å²) < 4.78 is 40.8. The zero-order chi connectivity index (χ0) is 27.8. The van der Waals surface area contributed by atoms with E-state index in [1.54, 1.807) is 4.52 Å². The normalized spacial score (nSPS) is 19.0. The minimum Gasteiger partial charge on any atom is -0.325 e. The Kier molecular flexibility index (Phi) is 6.94. The van der Waals surface area contributed by atoms with Crippen LogP contribution < -0.4 is 15.5 Å². The second-order valence-corrected chi connectivity index (χ2v) is 11.3. The van der Waals surface area contributed by atoms with Crippen molar-refractivity contribution in [3.05, 3.63) is 54.4 Å². The van der Waals surface area contributed by atoms with Crippen LogP contribution in [0.1, 0.15) is 44.2 Å². The summed E-state index contributed by atoms with van der Waals surface area (Å²) in [7, 11) is -3.67. The summed E-state index contributed by atoms with van der Waals surface area (Å²) in [6.45, 7) is 2.50. The molecule has 1 saturated carbocycles. The number of hydrogen-bond donors (Lipinski definition) is 4. The van der Waals surface area contributed by atoms with Gasteiger partial charge < -0.3 is 15.5 Å². The van der Waals surface area contributed by atoms with Crippen molar-refractivity contribution in [2.75, 3.05) is 28.3 Å². The lowest BCUT2D eigenvalue weighted by atomic mass is 9.97. The van der Waals surface area contributed by atoms with Gasteiger partial charge in [0.1, 0.15) is 11.1 Å². The number of anilines is 4. The van der Waals surface area contributed by atoms with Crippen LogP contribution in [-0.4, -0.2) is 67.0 Å². The van der Waals surface area contributed by atoms with Gasteiger partial charge in [-0.3, -0.25) is 14.4 Å². The molecule has 6 rings (SSSR count). The number of nitrogens with zero attached hydrogens (tertiary/aromatic N) is 6. The van der Waals surface area contributed by atoms with Crippen LogP contribution in [0.4, 0.5) is 27.7 Å². The largest absolute Gasteiger partial charge is 0.325 e. The van der Waals surface area contributed by atoms with Crippen LogP contribution in [0.15, 0.2) is 42.7 Å². The summed E-state index contributed by atoms with van der Waals surface area (Å²) in [6, 6.07) is 8.56. The molecule has 4 aromatic rings. The number of fused-ring (bicyclic) bond motifs is 1. The van der Waals surface area contributed by atoms with Crippen molar-refractivity contribution >= 4 is 44.8 Å². The van der Waals surface area contributed by atoms with Crippen molar-refractivity contribution < 1.29 is 22.2 Å². The van der Waals surface area contributed by atoms with Gasteiger partial charge >= 0.3 is 0 Å². The highest BCUT2D eigenvalue weighted by atomic mass is 32.2. The second-order valence-electron chi connectivity index (χ2n) is 9.79. The molecule has 4 N–H and O–H groups in total. The van der Waals surface area contributed by atoms with Gasteiger partial charge in [0.15, 0.2) is 11.6 Å². The molecule has 1 aliphatic carbocycles. The lowest BCUT2D eigenvalue weighted by molar-refractivity contribution is -0.120. The molecule has 0 bridgehead atoms. The Morgan fingerprint density at radius 1 is 1.28 bits per heavy atom.